The van der Waals surface area contributed by atoms with Crippen LogP contribution in [-0.2, 0) is 4.74 Å². The maximum absolute atomic E-state index is 12.2. The summed E-state index contributed by atoms with van der Waals surface area (Å²) in [5.41, 5.74) is 4.97. The predicted molar refractivity (Wildman–Crippen MR) is 121 cm³/mol. The molecule has 1 amide bonds. The Bertz CT molecular complexity index is 1170. The van der Waals surface area contributed by atoms with Crippen LogP contribution in [0.4, 0.5) is 10.5 Å². The second-order valence-electron chi connectivity index (χ2n) is 7.30. The van der Waals surface area contributed by atoms with Gasteiger partial charge in [-0.2, -0.15) is 0 Å². The number of benzene rings is 3. The number of nitrogens with one attached hydrogen (secondary N) is 1. The second kappa shape index (κ2) is 9.26. The highest BCUT2D eigenvalue weighted by Gasteiger charge is 2.28. The van der Waals surface area contributed by atoms with Crippen molar-refractivity contribution in [3.63, 3.8) is 0 Å². The van der Waals surface area contributed by atoms with E-state index in [1.165, 1.54) is 24.3 Å². The van der Waals surface area contributed by atoms with Crippen molar-refractivity contribution in [2.75, 3.05) is 13.2 Å². The number of nitro benzene ring substituents is 1. The fraction of sp³-hybridized carbons (Fsp3) is 0.120. The monoisotopic (exact) mass is 428 g/mol. The molecular weight excluding hydrogens is 408 g/mol. The number of nitro groups is 1. The van der Waals surface area contributed by atoms with Gasteiger partial charge in [-0.1, -0.05) is 66.7 Å². The molecule has 0 unspecified atom stereocenters. The molecule has 0 heterocycles. The van der Waals surface area contributed by atoms with Crippen LogP contribution < -0.4 is 5.32 Å². The summed E-state index contributed by atoms with van der Waals surface area (Å²) in [6.45, 7) is 0.353. The SMILES string of the molecule is O=Cc1ccc(C=CCNC(=O)OCC2c3ccccc3-c3ccccc32)c([N+](=O)[O-])c1. The van der Waals surface area contributed by atoms with Crippen LogP contribution in [0.5, 0.6) is 0 Å². The van der Waals surface area contributed by atoms with E-state index in [-0.39, 0.29) is 30.3 Å². The van der Waals surface area contributed by atoms with Crippen molar-refractivity contribution >= 4 is 24.1 Å². The van der Waals surface area contributed by atoms with Crippen LogP contribution in [0.1, 0.15) is 33.0 Å². The quantitative estimate of drug-likeness (QED) is 0.326. The largest absolute Gasteiger partial charge is 0.449 e. The fourth-order valence-corrected chi connectivity index (χ4v) is 3.91. The average molecular weight is 428 g/mol. The van der Waals surface area contributed by atoms with Crippen molar-refractivity contribution in [2.45, 2.75) is 5.92 Å². The molecule has 0 saturated carbocycles. The summed E-state index contributed by atoms with van der Waals surface area (Å²) in [5.74, 6) is -0.0253. The smallest absolute Gasteiger partial charge is 0.407 e. The van der Waals surface area contributed by atoms with Crippen LogP contribution in [-0.4, -0.2) is 30.5 Å². The Kier molecular flexibility index (Phi) is 6.07. The van der Waals surface area contributed by atoms with Crippen molar-refractivity contribution in [2.24, 2.45) is 0 Å². The van der Waals surface area contributed by atoms with Gasteiger partial charge in [-0.05, 0) is 28.3 Å². The van der Waals surface area contributed by atoms with Crippen molar-refractivity contribution in [1.29, 1.82) is 0 Å². The molecule has 1 N–H and O–H groups in total. The minimum Gasteiger partial charge on any atom is -0.449 e. The van der Waals surface area contributed by atoms with Crippen LogP contribution >= 0.6 is 0 Å². The molecule has 1 aliphatic carbocycles. The number of ether oxygens (including phenoxy) is 1. The molecular formula is C25H20N2O5. The number of fused-ring (bicyclic) bond motifs is 3. The van der Waals surface area contributed by atoms with E-state index in [1.807, 2.05) is 36.4 Å². The first-order valence-corrected chi connectivity index (χ1v) is 10.1. The maximum atomic E-state index is 12.2. The van der Waals surface area contributed by atoms with E-state index >= 15 is 0 Å². The first-order valence-electron chi connectivity index (χ1n) is 10.1. The molecule has 32 heavy (non-hydrogen) atoms. The van der Waals surface area contributed by atoms with Crippen LogP contribution in [0.15, 0.2) is 72.8 Å². The minimum atomic E-state index is -0.567. The van der Waals surface area contributed by atoms with Gasteiger partial charge in [0.15, 0.2) is 0 Å². The van der Waals surface area contributed by atoms with Gasteiger partial charge in [0.1, 0.15) is 12.9 Å². The van der Waals surface area contributed by atoms with E-state index in [2.05, 4.69) is 17.4 Å². The van der Waals surface area contributed by atoms with Crippen LogP contribution in [0.3, 0.4) is 0 Å². The summed E-state index contributed by atoms with van der Waals surface area (Å²) in [6, 6.07) is 20.4. The van der Waals surface area contributed by atoms with Crippen LogP contribution in [0.2, 0.25) is 0 Å². The van der Waals surface area contributed by atoms with Gasteiger partial charge in [-0.25, -0.2) is 4.79 Å². The summed E-state index contributed by atoms with van der Waals surface area (Å²) in [5, 5.41) is 13.8. The number of alkyl carbamates (subject to hydrolysis) is 1. The number of rotatable bonds is 7. The first-order chi connectivity index (χ1) is 15.6. The lowest BCUT2D eigenvalue weighted by Gasteiger charge is -2.14. The Morgan fingerprint density at radius 3 is 2.31 bits per heavy atom. The average Bonchev–Trinajstić information content (AvgIpc) is 3.14. The topological polar surface area (TPSA) is 98.5 Å². The molecule has 0 saturated heterocycles. The lowest BCUT2D eigenvalue weighted by molar-refractivity contribution is -0.385. The third-order valence-corrected chi connectivity index (χ3v) is 5.39. The van der Waals surface area contributed by atoms with E-state index in [0.717, 1.165) is 22.3 Å². The summed E-state index contributed by atoms with van der Waals surface area (Å²) in [6.07, 6.45) is 3.10. The second-order valence-corrected chi connectivity index (χ2v) is 7.30. The Morgan fingerprint density at radius 1 is 1.03 bits per heavy atom. The highest BCUT2D eigenvalue weighted by molar-refractivity contribution is 5.79. The van der Waals surface area contributed by atoms with Crippen molar-refractivity contribution in [1.82, 2.24) is 5.32 Å². The molecule has 4 rings (SSSR count). The minimum absolute atomic E-state index is 0.0253. The fourth-order valence-electron chi connectivity index (χ4n) is 3.91. The molecule has 7 heteroatoms. The Morgan fingerprint density at radius 2 is 1.69 bits per heavy atom. The van der Waals surface area contributed by atoms with Crippen molar-refractivity contribution in [3.05, 3.63) is 105 Å². The van der Waals surface area contributed by atoms with Gasteiger partial charge < -0.3 is 10.1 Å². The molecule has 0 atom stereocenters. The zero-order valence-corrected chi connectivity index (χ0v) is 17.1. The van der Waals surface area contributed by atoms with Crippen LogP contribution in [0.25, 0.3) is 17.2 Å². The summed E-state index contributed by atoms with van der Waals surface area (Å²) in [4.78, 5) is 33.6. The predicted octanol–water partition coefficient (Wildman–Crippen LogP) is 4.96. The highest BCUT2D eigenvalue weighted by atomic mass is 16.6. The first kappa shape index (κ1) is 21.0. The van der Waals surface area contributed by atoms with Crippen LogP contribution in [0, 0.1) is 10.1 Å². The van der Waals surface area contributed by atoms with E-state index in [0.29, 0.717) is 11.8 Å². The standard InChI is InChI=1S/C25H20N2O5/c28-15-17-11-12-18(24(14-17)27(30)31)6-5-13-26-25(29)32-16-23-21-9-3-1-7-19(21)20-8-2-4-10-22(20)23/h1-12,14-15,23H,13,16H2,(H,26,29). The number of hydrogen-bond donors (Lipinski definition) is 1. The molecule has 0 bridgehead atoms. The zero-order chi connectivity index (χ0) is 22.5. The number of nitrogens with zero attached hydrogens (tertiary/aromatic N) is 1. The summed E-state index contributed by atoms with van der Waals surface area (Å²) >= 11 is 0. The molecule has 7 nitrogen and oxygen atoms in total. The summed E-state index contributed by atoms with van der Waals surface area (Å²) in [7, 11) is 0. The zero-order valence-electron chi connectivity index (χ0n) is 17.1. The van der Waals surface area contributed by atoms with Gasteiger partial charge >= 0.3 is 6.09 Å². The van der Waals surface area contributed by atoms with Gasteiger partial charge in [-0.15, -0.1) is 0 Å². The Balaban J connectivity index is 1.35. The molecule has 1 aliphatic rings. The number of carbonyl (C=O) groups excluding carboxylic acids is 2. The van der Waals surface area contributed by atoms with Gasteiger partial charge in [0, 0.05) is 24.1 Å². The lowest BCUT2D eigenvalue weighted by atomic mass is 9.98. The van der Waals surface area contributed by atoms with Crippen molar-refractivity contribution in [3.8, 4) is 11.1 Å². The summed E-state index contributed by atoms with van der Waals surface area (Å²) < 4.78 is 5.45. The van der Waals surface area contributed by atoms with E-state index in [9.17, 15) is 19.7 Å². The molecule has 0 spiro atoms. The third-order valence-electron chi connectivity index (χ3n) is 5.39. The molecule has 160 valence electrons. The molecule has 0 fully saturated rings. The Labute approximate surface area is 184 Å². The van der Waals surface area contributed by atoms with Gasteiger partial charge in [0.25, 0.3) is 5.69 Å². The van der Waals surface area contributed by atoms with E-state index < -0.39 is 11.0 Å². The number of carbonyl (C=O) groups is 2. The molecule has 3 aromatic rings. The van der Waals surface area contributed by atoms with Gasteiger partial charge in [-0.3, -0.25) is 14.9 Å². The van der Waals surface area contributed by atoms with Gasteiger partial charge in [0.2, 0.25) is 0 Å². The van der Waals surface area contributed by atoms with E-state index in [1.54, 1.807) is 6.08 Å². The number of hydrogen-bond acceptors (Lipinski definition) is 5. The normalized spacial score (nSPS) is 12.2. The molecule has 0 aromatic heterocycles. The van der Waals surface area contributed by atoms with E-state index in [4.69, 9.17) is 4.74 Å². The molecule has 3 aromatic carbocycles. The maximum Gasteiger partial charge on any atom is 0.407 e. The van der Waals surface area contributed by atoms with Gasteiger partial charge in [0.05, 0.1) is 10.5 Å². The molecule has 0 radical (unpaired) electrons. The van der Waals surface area contributed by atoms with Crippen molar-refractivity contribution < 1.29 is 19.2 Å². The highest BCUT2D eigenvalue weighted by Crippen LogP contribution is 2.44. The number of amides is 1. The lowest BCUT2D eigenvalue weighted by Crippen LogP contribution is -2.26. The number of aldehydes is 1. The molecule has 0 aliphatic heterocycles. The third kappa shape index (κ3) is 4.27. The Hall–Kier alpha value is -4.26.